The Morgan fingerprint density at radius 2 is 1.88 bits per heavy atom. The molecule has 2 rings (SSSR count). The molecule has 25 heavy (non-hydrogen) atoms. The van der Waals surface area contributed by atoms with E-state index in [1.165, 1.54) is 31.6 Å². The first kappa shape index (κ1) is 18.6. The highest BCUT2D eigenvalue weighted by atomic mass is 16.5. The van der Waals surface area contributed by atoms with E-state index in [-0.39, 0.29) is 11.7 Å². The minimum Gasteiger partial charge on any atom is -0.504 e. The highest BCUT2D eigenvalue weighted by molar-refractivity contribution is 5.91. The van der Waals surface area contributed by atoms with Crippen LogP contribution in [-0.4, -0.2) is 18.1 Å². The second-order valence-electron chi connectivity index (χ2n) is 5.90. The second kappa shape index (κ2) is 9.52. The van der Waals surface area contributed by atoms with Crippen LogP contribution >= 0.6 is 0 Å². The molecule has 0 unspecified atom stereocenters. The predicted octanol–water partition coefficient (Wildman–Crippen LogP) is 4.07. The molecule has 0 radical (unpaired) electrons. The van der Waals surface area contributed by atoms with Crippen LogP contribution in [0, 0.1) is 0 Å². The molecule has 0 atom stereocenters. The minimum absolute atomic E-state index is 0.0832. The minimum atomic E-state index is -0.165. The van der Waals surface area contributed by atoms with Gasteiger partial charge in [0, 0.05) is 12.6 Å². The molecule has 0 aromatic heterocycles. The van der Waals surface area contributed by atoms with Gasteiger partial charge in [0.2, 0.25) is 5.91 Å². The Morgan fingerprint density at radius 3 is 2.56 bits per heavy atom. The Labute approximate surface area is 149 Å². The van der Waals surface area contributed by atoms with Gasteiger partial charge in [0.25, 0.3) is 0 Å². The van der Waals surface area contributed by atoms with E-state index in [9.17, 15) is 9.90 Å². The number of phenols is 1. The first-order valence-electron chi connectivity index (χ1n) is 8.53. The lowest BCUT2D eigenvalue weighted by atomic mass is 10.1. The number of amides is 1. The molecular formula is C21H25NO3. The molecule has 0 aliphatic rings. The zero-order valence-electron chi connectivity index (χ0n) is 14.8. The van der Waals surface area contributed by atoms with Crippen molar-refractivity contribution in [1.29, 1.82) is 0 Å². The first-order chi connectivity index (χ1) is 12.1. The molecule has 2 aromatic carbocycles. The van der Waals surface area contributed by atoms with E-state index in [1.807, 2.05) is 12.1 Å². The van der Waals surface area contributed by atoms with E-state index >= 15 is 0 Å². The zero-order chi connectivity index (χ0) is 18.1. The number of unbranched alkanes of at least 4 members (excludes halogenated alkanes) is 1. The van der Waals surface area contributed by atoms with E-state index < -0.39 is 0 Å². The van der Waals surface area contributed by atoms with Crippen LogP contribution in [0.2, 0.25) is 0 Å². The third kappa shape index (κ3) is 5.99. The van der Waals surface area contributed by atoms with Crippen LogP contribution in [0.3, 0.4) is 0 Å². The fourth-order valence-corrected chi connectivity index (χ4v) is 2.43. The SMILES string of the molecule is CCCCc1ccc(C=CC(=O)NCc2ccc(O)c(OC)c2)cc1. The summed E-state index contributed by atoms with van der Waals surface area (Å²) in [5.41, 5.74) is 3.18. The molecule has 2 aromatic rings. The molecule has 0 fully saturated rings. The van der Waals surface area contributed by atoms with Crippen LogP contribution in [0.5, 0.6) is 11.5 Å². The molecule has 4 nitrogen and oxygen atoms in total. The summed E-state index contributed by atoms with van der Waals surface area (Å²) in [5.74, 6) is 0.312. The number of ether oxygens (including phenoxy) is 1. The third-order valence-corrected chi connectivity index (χ3v) is 3.94. The van der Waals surface area contributed by atoms with E-state index in [4.69, 9.17) is 4.74 Å². The molecular weight excluding hydrogens is 314 g/mol. The normalized spacial score (nSPS) is 10.8. The van der Waals surface area contributed by atoms with Crippen molar-refractivity contribution in [3.8, 4) is 11.5 Å². The van der Waals surface area contributed by atoms with Gasteiger partial charge in [0.15, 0.2) is 11.5 Å². The van der Waals surface area contributed by atoms with Crippen LogP contribution in [0.25, 0.3) is 6.08 Å². The van der Waals surface area contributed by atoms with E-state index in [0.29, 0.717) is 12.3 Å². The van der Waals surface area contributed by atoms with Gasteiger partial charge in [0.05, 0.1) is 7.11 Å². The molecule has 0 spiro atoms. The third-order valence-electron chi connectivity index (χ3n) is 3.94. The lowest BCUT2D eigenvalue weighted by Crippen LogP contribution is -2.20. The van der Waals surface area contributed by atoms with Crippen LogP contribution < -0.4 is 10.1 Å². The van der Waals surface area contributed by atoms with Crippen molar-refractivity contribution < 1.29 is 14.6 Å². The first-order valence-corrected chi connectivity index (χ1v) is 8.53. The quantitative estimate of drug-likeness (QED) is 0.713. The van der Waals surface area contributed by atoms with Gasteiger partial charge in [-0.15, -0.1) is 0 Å². The number of nitrogens with one attached hydrogen (secondary N) is 1. The van der Waals surface area contributed by atoms with Gasteiger partial charge in [-0.2, -0.15) is 0 Å². The van der Waals surface area contributed by atoms with Crippen LogP contribution in [-0.2, 0) is 17.8 Å². The molecule has 2 N–H and O–H groups in total. The number of hydrogen-bond acceptors (Lipinski definition) is 3. The Balaban J connectivity index is 1.86. The summed E-state index contributed by atoms with van der Waals surface area (Å²) in [6.07, 6.45) is 6.81. The van der Waals surface area contributed by atoms with Crippen molar-refractivity contribution >= 4 is 12.0 Å². The number of phenolic OH excluding ortho intramolecular Hbond substituents is 1. The fraction of sp³-hybridized carbons (Fsp3) is 0.286. The Hall–Kier alpha value is -2.75. The number of aromatic hydroxyl groups is 1. The number of benzene rings is 2. The number of carbonyl (C=O) groups excluding carboxylic acids is 1. The fourth-order valence-electron chi connectivity index (χ4n) is 2.43. The highest BCUT2D eigenvalue weighted by Crippen LogP contribution is 2.26. The average molecular weight is 339 g/mol. The van der Waals surface area contributed by atoms with Gasteiger partial charge in [-0.25, -0.2) is 0 Å². The molecule has 0 saturated carbocycles. The largest absolute Gasteiger partial charge is 0.504 e. The summed E-state index contributed by atoms with van der Waals surface area (Å²) < 4.78 is 5.06. The monoisotopic (exact) mass is 339 g/mol. The second-order valence-corrected chi connectivity index (χ2v) is 5.90. The lowest BCUT2D eigenvalue weighted by molar-refractivity contribution is -0.116. The Bertz CT molecular complexity index is 720. The molecule has 0 bridgehead atoms. The van der Waals surface area contributed by atoms with Crippen molar-refractivity contribution in [3.63, 3.8) is 0 Å². The maximum Gasteiger partial charge on any atom is 0.244 e. The molecule has 132 valence electrons. The summed E-state index contributed by atoms with van der Waals surface area (Å²) >= 11 is 0. The van der Waals surface area contributed by atoms with E-state index in [0.717, 1.165) is 17.5 Å². The number of hydrogen-bond donors (Lipinski definition) is 2. The topological polar surface area (TPSA) is 58.6 Å². The Kier molecular flexibility index (Phi) is 7.08. The van der Waals surface area contributed by atoms with Crippen LogP contribution in [0.15, 0.2) is 48.5 Å². The summed E-state index contributed by atoms with van der Waals surface area (Å²) in [6.45, 7) is 2.56. The number of rotatable bonds is 8. The average Bonchev–Trinajstić information content (AvgIpc) is 2.64. The predicted molar refractivity (Wildman–Crippen MR) is 101 cm³/mol. The number of methoxy groups -OCH3 is 1. The van der Waals surface area contributed by atoms with Gasteiger partial charge in [0.1, 0.15) is 0 Å². The summed E-state index contributed by atoms with van der Waals surface area (Å²) in [7, 11) is 1.49. The molecule has 1 amide bonds. The zero-order valence-corrected chi connectivity index (χ0v) is 14.8. The van der Waals surface area contributed by atoms with Gasteiger partial charge in [-0.3, -0.25) is 4.79 Å². The van der Waals surface area contributed by atoms with Gasteiger partial charge >= 0.3 is 0 Å². The summed E-state index contributed by atoms with van der Waals surface area (Å²) in [4.78, 5) is 11.9. The molecule has 0 saturated heterocycles. The van der Waals surface area contributed by atoms with Crippen molar-refractivity contribution in [1.82, 2.24) is 5.32 Å². The van der Waals surface area contributed by atoms with E-state index in [1.54, 1.807) is 24.3 Å². The maximum absolute atomic E-state index is 11.9. The molecule has 0 heterocycles. The van der Waals surface area contributed by atoms with Gasteiger partial charge in [-0.1, -0.05) is 43.7 Å². The summed E-state index contributed by atoms with van der Waals surface area (Å²) in [6, 6.07) is 13.3. The number of carbonyl (C=O) groups is 1. The smallest absolute Gasteiger partial charge is 0.244 e. The van der Waals surface area contributed by atoms with Crippen LogP contribution in [0.1, 0.15) is 36.5 Å². The van der Waals surface area contributed by atoms with E-state index in [2.05, 4.69) is 24.4 Å². The molecule has 0 aliphatic carbocycles. The van der Waals surface area contributed by atoms with Gasteiger partial charge in [-0.05, 0) is 47.7 Å². The summed E-state index contributed by atoms with van der Waals surface area (Å²) in [5, 5.41) is 12.4. The standard InChI is InChI=1S/C21H25NO3/c1-3-4-5-16-6-8-17(9-7-16)11-13-21(24)22-15-18-10-12-19(23)20(14-18)25-2/h6-14,23H,3-5,15H2,1-2H3,(H,22,24). The highest BCUT2D eigenvalue weighted by Gasteiger charge is 2.03. The van der Waals surface area contributed by atoms with Crippen LogP contribution in [0.4, 0.5) is 0 Å². The maximum atomic E-state index is 11.9. The van der Waals surface area contributed by atoms with Crippen molar-refractivity contribution in [2.45, 2.75) is 32.7 Å². The Morgan fingerprint density at radius 1 is 1.16 bits per heavy atom. The van der Waals surface area contributed by atoms with Crippen molar-refractivity contribution in [2.75, 3.05) is 7.11 Å². The molecule has 4 heteroatoms. The van der Waals surface area contributed by atoms with Crippen molar-refractivity contribution in [2.24, 2.45) is 0 Å². The lowest BCUT2D eigenvalue weighted by Gasteiger charge is -2.07. The number of aryl methyl sites for hydroxylation is 1. The van der Waals surface area contributed by atoms with Crippen molar-refractivity contribution in [3.05, 3.63) is 65.2 Å². The van der Waals surface area contributed by atoms with Gasteiger partial charge < -0.3 is 15.2 Å². The molecule has 0 aliphatic heterocycles.